The summed E-state index contributed by atoms with van der Waals surface area (Å²) in [6.07, 6.45) is 1.06. The van der Waals surface area contributed by atoms with Gasteiger partial charge in [-0.2, -0.15) is 4.98 Å². The fourth-order valence-electron chi connectivity index (χ4n) is 3.44. The van der Waals surface area contributed by atoms with E-state index in [-0.39, 0.29) is 11.9 Å². The van der Waals surface area contributed by atoms with E-state index in [0.717, 1.165) is 25.2 Å². The number of nitrogens with one attached hydrogen (secondary N) is 1. The maximum atomic E-state index is 13.8. The summed E-state index contributed by atoms with van der Waals surface area (Å²) in [7, 11) is 0. The number of para-hydroxylation sites is 1. The summed E-state index contributed by atoms with van der Waals surface area (Å²) in [5.74, 6) is 0.724. The Morgan fingerprint density at radius 2 is 2.04 bits per heavy atom. The highest BCUT2D eigenvalue weighted by atomic mass is 19.1. The maximum absolute atomic E-state index is 13.8. The SMILES string of the molecule is Cc1ccc(-c2noc([C@H](C)N3CC[C@@H](Nc4ccccc4)C3)n2)cc1F. The first kappa shape index (κ1) is 17.7. The Bertz CT molecular complexity index is 912. The molecule has 1 aliphatic rings. The molecule has 4 rings (SSSR count). The number of aromatic nitrogens is 2. The fourth-order valence-corrected chi connectivity index (χ4v) is 3.44. The number of aryl methyl sites for hydroxylation is 1. The van der Waals surface area contributed by atoms with E-state index >= 15 is 0 Å². The molecule has 1 saturated heterocycles. The zero-order chi connectivity index (χ0) is 18.8. The van der Waals surface area contributed by atoms with Gasteiger partial charge in [-0.05, 0) is 44.0 Å². The normalized spacial score (nSPS) is 18.6. The first-order chi connectivity index (χ1) is 13.1. The summed E-state index contributed by atoms with van der Waals surface area (Å²) in [6, 6.07) is 15.6. The molecule has 27 heavy (non-hydrogen) atoms. The number of rotatable bonds is 5. The van der Waals surface area contributed by atoms with E-state index < -0.39 is 0 Å². The summed E-state index contributed by atoms with van der Waals surface area (Å²) in [6.45, 7) is 5.67. The van der Waals surface area contributed by atoms with Crippen LogP contribution in [0.2, 0.25) is 0 Å². The van der Waals surface area contributed by atoms with Crippen LogP contribution in [0.5, 0.6) is 0 Å². The third kappa shape index (κ3) is 3.85. The van der Waals surface area contributed by atoms with Crippen LogP contribution in [0.15, 0.2) is 53.1 Å². The minimum atomic E-state index is -0.263. The summed E-state index contributed by atoms with van der Waals surface area (Å²) < 4.78 is 19.3. The van der Waals surface area contributed by atoms with Crippen LogP contribution in [-0.2, 0) is 0 Å². The van der Waals surface area contributed by atoms with E-state index in [1.165, 1.54) is 6.07 Å². The second-order valence-corrected chi connectivity index (χ2v) is 7.09. The van der Waals surface area contributed by atoms with Crippen LogP contribution in [0.3, 0.4) is 0 Å². The van der Waals surface area contributed by atoms with Crippen molar-refractivity contribution in [2.45, 2.75) is 32.4 Å². The molecule has 0 spiro atoms. The maximum Gasteiger partial charge on any atom is 0.244 e. The topological polar surface area (TPSA) is 54.2 Å². The highest BCUT2D eigenvalue weighted by Crippen LogP contribution is 2.27. The van der Waals surface area contributed by atoms with Crippen molar-refractivity contribution in [3.8, 4) is 11.4 Å². The molecule has 0 aliphatic carbocycles. The molecule has 1 aromatic heterocycles. The van der Waals surface area contributed by atoms with E-state index in [1.807, 2.05) is 24.3 Å². The minimum Gasteiger partial charge on any atom is -0.381 e. The molecule has 0 saturated carbocycles. The standard InChI is InChI=1S/C21H23FN4O/c1-14-8-9-16(12-19(14)22)20-24-21(27-25-20)15(2)26-11-10-18(13-26)23-17-6-4-3-5-7-17/h3-9,12,15,18,23H,10-11,13H2,1-2H3/t15-,18+/m0/s1. The highest BCUT2D eigenvalue weighted by Gasteiger charge is 2.29. The number of likely N-dealkylation sites (tertiary alicyclic amines) is 1. The Morgan fingerprint density at radius 1 is 1.22 bits per heavy atom. The lowest BCUT2D eigenvalue weighted by Gasteiger charge is -2.21. The van der Waals surface area contributed by atoms with Gasteiger partial charge in [-0.3, -0.25) is 4.90 Å². The number of benzene rings is 2. The average Bonchev–Trinajstić information content (AvgIpc) is 3.34. The van der Waals surface area contributed by atoms with E-state index in [9.17, 15) is 4.39 Å². The molecule has 6 heteroatoms. The van der Waals surface area contributed by atoms with Gasteiger partial charge < -0.3 is 9.84 Å². The zero-order valence-corrected chi connectivity index (χ0v) is 15.5. The second kappa shape index (κ2) is 7.48. The lowest BCUT2D eigenvalue weighted by Crippen LogP contribution is -2.28. The van der Waals surface area contributed by atoms with Gasteiger partial charge in [0.2, 0.25) is 11.7 Å². The van der Waals surface area contributed by atoms with E-state index in [2.05, 4.69) is 39.4 Å². The number of hydrogen-bond donors (Lipinski definition) is 1. The predicted molar refractivity (Wildman–Crippen MR) is 103 cm³/mol. The molecule has 2 heterocycles. The van der Waals surface area contributed by atoms with Crippen LogP contribution in [0.25, 0.3) is 11.4 Å². The average molecular weight is 366 g/mol. The summed E-state index contributed by atoms with van der Waals surface area (Å²) in [5.41, 5.74) is 2.37. The number of hydrogen-bond acceptors (Lipinski definition) is 5. The largest absolute Gasteiger partial charge is 0.381 e. The predicted octanol–water partition coefficient (Wildman–Crippen LogP) is 4.43. The number of anilines is 1. The highest BCUT2D eigenvalue weighted by molar-refractivity contribution is 5.55. The van der Waals surface area contributed by atoms with Crippen molar-refractivity contribution < 1.29 is 8.91 Å². The molecule has 2 atom stereocenters. The lowest BCUT2D eigenvalue weighted by atomic mass is 10.1. The first-order valence-electron chi connectivity index (χ1n) is 9.26. The Hall–Kier alpha value is -2.73. The van der Waals surface area contributed by atoms with Gasteiger partial charge in [-0.25, -0.2) is 4.39 Å². The van der Waals surface area contributed by atoms with Crippen molar-refractivity contribution in [1.29, 1.82) is 0 Å². The molecular formula is C21H23FN4O. The zero-order valence-electron chi connectivity index (χ0n) is 15.5. The monoisotopic (exact) mass is 366 g/mol. The van der Waals surface area contributed by atoms with Gasteiger partial charge in [0.05, 0.1) is 6.04 Å². The van der Waals surface area contributed by atoms with Gasteiger partial charge in [0.25, 0.3) is 0 Å². The van der Waals surface area contributed by atoms with Crippen LogP contribution in [0, 0.1) is 12.7 Å². The first-order valence-corrected chi connectivity index (χ1v) is 9.26. The molecule has 1 N–H and O–H groups in total. The Balaban J connectivity index is 1.42. The van der Waals surface area contributed by atoms with Crippen molar-refractivity contribution in [1.82, 2.24) is 15.0 Å². The van der Waals surface area contributed by atoms with Gasteiger partial charge in [-0.1, -0.05) is 35.5 Å². The van der Waals surface area contributed by atoms with Crippen LogP contribution in [-0.4, -0.2) is 34.2 Å². The fraction of sp³-hybridized carbons (Fsp3) is 0.333. The van der Waals surface area contributed by atoms with Gasteiger partial charge >= 0.3 is 0 Å². The molecule has 0 bridgehead atoms. The van der Waals surface area contributed by atoms with Crippen LogP contribution in [0.1, 0.15) is 30.8 Å². The smallest absolute Gasteiger partial charge is 0.244 e. The van der Waals surface area contributed by atoms with Crippen molar-refractivity contribution in [2.24, 2.45) is 0 Å². The van der Waals surface area contributed by atoms with Gasteiger partial charge in [0.1, 0.15) is 5.82 Å². The molecule has 0 radical (unpaired) electrons. The number of nitrogens with zero attached hydrogens (tertiary/aromatic N) is 3. The molecule has 1 fully saturated rings. The van der Waals surface area contributed by atoms with Crippen LogP contribution in [0.4, 0.5) is 10.1 Å². The van der Waals surface area contributed by atoms with Gasteiger partial charge in [-0.15, -0.1) is 0 Å². The molecule has 0 unspecified atom stereocenters. The molecule has 5 nitrogen and oxygen atoms in total. The summed E-state index contributed by atoms with van der Waals surface area (Å²) >= 11 is 0. The van der Waals surface area contributed by atoms with Crippen LogP contribution < -0.4 is 5.32 Å². The van der Waals surface area contributed by atoms with E-state index in [1.54, 1.807) is 13.0 Å². The third-order valence-electron chi connectivity index (χ3n) is 5.14. The van der Waals surface area contributed by atoms with Crippen molar-refractivity contribution in [2.75, 3.05) is 18.4 Å². The van der Waals surface area contributed by atoms with Crippen molar-refractivity contribution in [3.63, 3.8) is 0 Å². The van der Waals surface area contributed by atoms with Gasteiger partial charge in [0.15, 0.2) is 0 Å². The van der Waals surface area contributed by atoms with Crippen LogP contribution >= 0.6 is 0 Å². The molecule has 1 aliphatic heterocycles. The summed E-state index contributed by atoms with van der Waals surface area (Å²) in [4.78, 5) is 6.83. The van der Waals surface area contributed by atoms with E-state index in [0.29, 0.717) is 28.9 Å². The van der Waals surface area contributed by atoms with E-state index in [4.69, 9.17) is 4.52 Å². The number of halogens is 1. The molecular weight excluding hydrogens is 343 g/mol. The van der Waals surface area contributed by atoms with Crippen molar-refractivity contribution in [3.05, 3.63) is 65.8 Å². The molecule has 0 amide bonds. The Kier molecular flexibility index (Phi) is 4.90. The Morgan fingerprint density at radius 3 is 2.81 bits per heavy atom. The minimum absolute atomic E-state index is 0.0177. The lowest BCUT2D eigenvalue weighted by molar-refractivity contribution is 0.208. The quantitative estimate of drug-likeness (QED) is 0.724. The molecule has 2 aromatic carbocycles. The molecule has 3 aromatic rings. The van der Waals surface area contributed by atoms with Gasteiger partial charge in [0, 0.05) is 30.4 Å². The second-order valence-electron chi connectivity index (χ2n) is 7.09. The van der Waals surface area contributed by atoms with Crippen molar-refractivity contribution >= 4 is 5.69 Å². The third-order valence-corrected chi connectivity index (χ3v) is 5.14. The summed E-state index contributed by atoms with van der Waals surface area (Å²) in [5, 5.41) is 7.61. The molecule has 140 valence electrons. The Labute approximate surface area is 158 Å².